The fourth-order valence-corrected chi connectivity index (χ4v) is 3.89. The third-order valence-electron chi connectivity index (χ3n) is 4.29. The highest BCUT2D eigenvalue weighted by Gasteiger charge is 2.18. The first kappa shape index (κ1) is 18.1. The van der Waals surface area contributed by atoms with Gasteiger partial charge in [-0.15, -0.1) is 0 Å². The highest BCUT2D eigenvalue weighted by molar-refractivity contribution is 6.38. The number of halogens is 3. The minimum Gasteiger partial charge on any atom is -0.481 e. The summed E-state index contributed by atoms with van der Waals surface area (Å²) in [6.45, 7) is 2.56. The molecule has 0 aliphatic carbocycles. The van der Waals surface area contributed by atoms with Crippen molar-refractivity contribution in [3.8, 4) is 0 Å². The Morgan fingerprint density at radius 1 is 1.08 bits per heavy atom. The lowest BCUT2D eigenvalue weighted by molar-refractivity contribution is -0.136. The third-order valence-corrected chi connectivity index (χ3v) is 5.06. The second-order valence-corrected chi connectivity index (χ2v) is 7.24. The van der Waals surface area contributed by atoms with Gasteiger partial charge in [-0.1, -0.05) is 46.9 Å². The summed E-state index contributed by atoms with van der Waals surface area (Å²) in [6.07, 6.45) is 0.487. The first-order chi connectivity index (χ1) is 11.9. The summed E-state index contributed by atoms with van der Waals surface area (Å²) >= 11 is 18.6. The molecule has 130 valence electrons. The highest BCUT2D eigenvalue weighted by atomic mass is 35.5. The van der Waals surface area contributed by atoms with Crippen LogP contribution in [0.4, 0.5) is 0 Å². The van der Waals surface area contributed by atoms with Crippen molar-refractivity contribution in [2.45, 2.75) is 26.3 Å². The van der Waals surface area contributed by atoms with Gasteiger partial charge in [-0.2, -0.15) is 0 Å². The smallest absolute Gasteiger partial charge is 0.303 e. The largest absolute Gasteiger partial charge is 0.481 e. The number of rotatable bonds is 5. The van der Waals surface area contributed by atoms with Gasteiger partial charge >= 0.3 is 5.97 Å². The van der Waals surface area contributed by atoms with Crippen LogP contribution in [-0.4, -0.2) is 15.6 Å². The van der Waals surface area contributed by atoms with Crippen molar-refractivity contribution >= 4 is 51.7 Å². The molecule has 25 heavy (non-hydrogen) atoms. The van der Waals surface area contributed by atoms with Gasteiger partial charge < -0.3 is 9.67 Å². The lowest BCUT2D eigenvalue weighted by Gasteiger charge is -2.12. The zero-order chi connectivity index (χ0) is 18.1. The van der Waals surface area contributed by atoms with Gasteiger partial charge in [0.25, 0.3) is 0 Å². The van der Waals surface area contributed by atoms with E-state index in [0.717, 1.165) is 27.7 Å². The molecule has 2 aromatic carbocycles. The van der Waals surface area contributed by atoms with Gasteiger partial charge in [0.05, 0.1) is 17.0 Å². The van der Waals surface area contributed by atoms with E-state index < -0.39 is 5.97 Å². The van der Waals surface area contributed by atoms with Crippen LogP contribution >= 0.6 is 34.8 Å². The molecule has 0 saturated heterocycles. The van der Waals surface area contributed by atoms with Crippen molar-refractivity contribution in [3.05, 3.63) is 68.3 Å². The molecule has 1 N–H and O–H groups in total. The van der Waals surface area contributed by atoms with Crippen molar-refractivity contribution in [3.63, 3.8) is 0 Å². The Morgan fingerprint density at radius 3 is 2.40 bits per heavy atom. The van der Waals surface area contributed by atoms with Gasteiger partial charge in [-0.3, -0.25) is 4.79 Å². The predicted octanol–water partition coefficient (Wildman–Crippen LogP) is 5.98. The Bertz CT molecular complexity index is 946. The lowest BCUT2D eigenvalue weighted by Crippen LogP contribution is -2.07. The molecule has 0 saturated carbocycles. The molecular weight excluding hydrogens is 381 g/mol. The Labute approximate surface area is 160 Å². The molecule has 0 amide bonds. The van der Waals surface area contributed by atoms with E-state index in [1.165, 1.54) is 0 Å². The van der Waals surface area contributed by atoms with Crippen molar-refractivity contribution in [1.29, 1.82) is 0 Å². The summed E-state index contributed by atoms with van der Waals surface area (Å²) in [5, 5.41) is 11.8. The van der Waals surface area contributed by atoms with E-state index >= 15 is 0 Å². The van der Waals surface area contributed by atoms with Crippen LogP contribution in [0.3, 0.4) is 0 Å². The van der Waals surface area contributed by atoms with Crippen molar-refractivity contribution in [2.75, 3.05) is 0 Å². The second-order valence-electron chi connectivity index (χ2n) is 5.96. The third kappa shape index (κ3) is 3.79. The van der Waals surface area contributed by atoms with Crippen LogP contribution in [0, 0.1) is 6.92 Å². The van der Waals surface area contributed by atoms with Gasteiger partial charge in [-0.25, -0.2) is 0 Å². The first-order valence-corrected chi connectivity index (χ1v) is 8.93. The quantitative estimate of drug-likeness (QED) is 0.577. The SMILES string of the molecule is Cc1c(CCC(=O)O)n(Cc2ccc(Cl)cc2)c2cc(Cl)cc(Cl)c12. The van der Waals surface area contributed by atoms with Gasteiger partial charge in [0.15, 0.2) is 0 Å². The zero-order valence-corrected chi connectivity index (χ0v) is 15.8. The number of benzene rings is 2. The summed E-state index contributed by atoms with van der Waals surface area (Å²) < 4.78 is 2.09. The molecule has 0 aliphatic heterocycles. The molecule has 1 heterocycles. The summed E-state index contributed by atoms with van der Waals surface area (Å²) in [5.41, 5.74) is 3.92. The van der Waals surface area contributed by atoms with Crippen LogP contribution in [0.2, 0.25) is 15.1 Å². The number of carboxylic acid groups (broad SMARTS) is 1. The predicted molar refractivity (Wildman–Crippen MR) is 103 cm³/mol. The topological polar surface area (TPSA) is 42.2 Å². The first-order valence-electron chi connectivity index (χ1n) is 7.79. The number of fused-ring (bicyclic) bond motifs is 1. The number of carboxylic acids is 1. The number of carbonyl (C=O) groups is 1. The van der Waals surface area contributed by atoms with E-state index in [2.05, 4.69) is 4.57 Å². The maximum absolute atomic E-state index is 11.1. The molecule has 0 aliphatic rings. The Morgan fingerprint density at radius 2 is 1.76 bits per heavy atom. The number of aliphatic carboxylic acids is 1. The summed E-state index contributed by atoms with van der Waals surface area (Å²) in [5.74, 6) is -0.827. The molecule has 0 unspecified atom stereocenters. The van der Waals surface area contributed by atoms with Gasteiger partial charge in [0.2, 0.25) is 0 Å². The van der Waals surface area contributed by atoms with Crippen molar-refractivity contribution in [1.82, 2.24) is 4.57 Å². The van der Waals surface area contributed by atoms with Gasteiger partial charge in [0.1, 0.15) is 0 Å². The fraction of sp³-hybridized carbons (Fsp3) is 0.211. The van der Waals surface area contributed by atoms with E-state index in [9.17, 15) is 4.79 Å². The van der Waals surface area contributed by atoms with Crippen LogP contribution in [0.15, 0.2) is 36.4 Å². The Kier molecular flexibility index (Phi) is 5.28. The van der Waals surface area contributed by atoms with Crippen LogP contribution in [0.25, 0.3) is 10.9 Å². The molecule has 6 heteroatoms. The molecule has 3 rings (SSSR count). The van der Waals surface area contributed by atoms with Crippen LogP contribution < -0.4 is 0 Å². The average molecular weight is 397 g/mol. The molecule has 3 nitrogen and oxygen atoms in total. The van der Waals surface area contributed by atoms with E-state index in [0.29, 0.717) is 28.0 Å². The molecule has 1 aromatic heterocycles. The standard InChI is InChI=1S/C19H16Cl3NO2/c1-11-16(6-7-18(24)25)23(10-12-2-4-13(20)5-3-12)17-9-14(21)8-15(22)19(11)17/h2-5,8-9H,6-7,10H2,1H3,(H,24,25). The van der Waals surface area contributed by atoms with E-state index in [4.69, 9.17) is 39.9 Å². The lowest BCUT2D eigenvalue weighted by atomic mass is 10.1. The normalized spacial score (nSPS) is 11.2. The van der Waals surface area contributed by atoms with E-state index in [-0.39, 0.29) is 6.42 Å². The van der Waals surface area contributed by atoms with Crippen LogP contribution in [0.5, 0.6) is 0 Å². The zero-order valence-electron chi connectivity index (χ0n) is 13.5. The van der Waals surface area contributed by atoms with Crippen LogP contribution in [0.1, 0.15) is 23.2 Å². The number of hydrogen-bond acceptors (Lipinski definition) is 1. The molecule has 3 aromatic rings. The molecular formula is C19H16Cl3NO2. The molecule has 0 fully saturated rings. The van der Waals surface area contributed by atoms with Crippen molar-refractivity contribution in [2.24, 2.45) is 0 Å². The summed E-state index contributed by atoms with van der Waals surface area (Å²) in [7, 11) is 0. The number of aromatic nitrogens is 1. The molecule has 0 spiro atoms. The summed E-state index contributed by atoms with van der Waals surface area (Å²) in [4.78, 5) is 11.1. The van der Waals surface area contributed by atoms with E-state index in [1.54, 1.807) is 6.07 Å². The molecule has 0 bridgehead atoms. The van der Waals surface area contributed by atoms with Gasteiger partial charge in [-0.05, 0) is 48.7 Å². The number of aryl methyl sites for hydroxylation is 1. The number of nitrogens with zero attached hydrogens (tertiary/aromatic N) is 1. The minimum absolute atomic E-state index is 0.0587. The maximum atomic E-state index is 11.1. The number of hydrogen-bond donors (Lipinski definition) is 1. The van der Waals surface area contributed by atoms with Crippen LogP contribution in [-0.2, 0) is 17.8 Å². The monoisotopic (exact) mass is 395 g/mol. The second kappa shape index (κ2) is 7.28. The maximum Gasteiger partial charge on any atom is 0.303 e. The highest BCUT2D eigenvalue weighted by Crippen LogP contribution is 2.35. The van der Waals surface area contributed by atoms with Gasteiger partial charge in [0, 0.05) is 27.7 Å². The van der Waals surface area contributed by atoms with Crippen molar-refractivity contribution < 1.29 is 9.90 Å². The van der Waals surface area contributed by atoms with E-state index in [1.807, 2.05) is 37.3 Å². The average Bonchev–Trinajstić information content (AvgIpc) is 2.79. The minimum atomic E-state index is -0.827. The Balaban J connectivity index is 2.16. The fourth-order valence-electron chi connectivity index (χ4n) is 3.14. The summed E-state index contributed by atoms with van der Waals surface area (Å²) in [6, 6.07) is 11.2. The molecule has 0 radical (unpaired) electrons. The molecule has 0 atom stereocenters. The Hall–Kier alpha value is -1.68.